The van der Waals surface area contributed by atoms with Crippen molar-refractivity contribution in [2.45, 2.75) is 29.2 Å². The van der Waals surface area contributed by atoms with Gasteiger partial charge in [-0.1, -0.05) is 77.3 Å². The molecule has 0 spiro atoms. The van der Waals surface area contributed by atoms with Crippen LogP contribution >= 0.6 is 34.8 Å². The molecular formula is C16H16Cl3NO2. The molecule has 0 saturated carbocycles. The number of amides is 1. The van der Waals surface area contributed by atoms with Crippen LogP contribution in [0.5, 0.6) is 0 Å². The average Bonchev–Trinajstić information content (AvgIpc) is 2.47. The van der Waals surface area contributed by atoms with Crippen LogP contribution in [-0.4, -0.2) is 20.4 Å². The highest BCUT2D eigenvalue weighted by Gasteiger charge is 2.44. The van der Waals surface area contributed by atoms with E-state index >= 15 is 0 Å². The fourth-order valence-electron chi connectivity index (χ4n) is 1.83. The van der Waals surface area contributed by atoms with E-state index in [1.807, 2.05) is 42.5 Å². The number of benzene rings is 1. The van der Waals surface area contributed by atoms with Crippen molar-refractivity contribution < 1.29 is 9.53 Å². The highest BCUT2D eigenvalue weighted by molar-refractivity contribution is 6.68. The SMILES string of the molecule is CC(C)(OC(=O)N1C=CC(c2ccccc2)C=C1)C(Cl)(Cl)Cl. The third-order valence-corrected chi connectivity index (χ3v) is 4.69. The summed E-state index contributed by atoms with van der Waals surface area (Å²) in [5, 5.41) is 0. The van der Waals surface area contributed by atoms with Gasteiger partial charge in [0.15, 0.2) is 5.60 Å². The van der Waals surface area contributed by atoms with Crippen LogP contribution < -0.4 is 0 Å². The maximum absolute atomic E-state index is 12.1. The number of nitrogens with zero attached hydrogens (tertiary/aromatic N) is 1. The maximum Gasteiger partial charge on any atom is 0.418 e. The zero-order chi connectivity index (χ0) is 16.4. The normalized spacial score (nSPS) is 16.0. The van der Waals surface area contributed by atoms with E-state index in [9.17, 15) is 4.79 Å². The molecule has 1 aliphatic heterocycles. The van der Waals surface area contributed by atoms with Gasteiger partial charge in [0.25, 0.3) is 0 Å². The minimum Gasteiger partial charge on any atom is -0.438 e. The second kappa shape index (κ2) is 6.53. The lowest BCUT2D eigenvalue weighted by molar-refractivity contribution is 0.0295. The number of carbonyl (C=O) groups excluding carboxylic acids is 1. The van der Waals surface area contributed by atoms with Crippen molar-refractivity contribution in [2.75, 3.05) is 0 Å². The fourth-order valence-corrected chi connectivity index (χ4v) is 1.95. The molecule has 1 aromatic rings. The average molecular weight is 361 g/mol. The molecule has 1 aromatic carbocycles. The number of hydrogen-bond donors (Lipinski definition) is 0. The Labute approximate surface area is 145 Å². The predicted octanol–water partition coefficient (Wildman–Crippen LogP) is 5.40. The molecular weight excluding hydrogens is 345 g/mol. The number of allylic oxidation sites excluding steroid dienone is 2. The summed E-state index contributed by atoms with van der Waals surface area (Å²) in [5.74, 6) is 0.117. The van der Waals surface area contributed by atoms with Crippen LogP contribution in [0, 0.1) is 0 Å². The Hall–Kier alpha value is -1.16. The van der Waals surface area contributed by atoms with E-state index in [-0.39, 0.29) is 5.92 Å². The molecule has 0 radical (unpaired) electrons. The first kappa shape index (κ1) is 17.2. The van der Waals surface area contributed by atoms with Crippen molar-refractivity contribution in [1.29, 1.82) is 0 Å². The van der Waals surface area contributed by atoms with Crippen LogP contribution in [-0.2, 0) is 4.74 Å². The van der Waals surface area contributed by atoms with Crippen molar-refractivity contribution in [2.24, 2.45) is 0 Å². The first-order valence-electron chi connectivity index (χ1n) is 6.70. The molecule has 0 fully saturated rings. The molecule has 0 aliphatic carbocycles. The summed E-state index contributed by atoms with van der Waals surface area (Å²) in [4.78, 5) is 13.4. The Kier molecular flexibility index (Phi) is 5.10. The van der Waals surface area contributed by atoms with Gasteiger partial charge in [-0.15, -0.1) is 0 Å². The topological polar surface area (TPSA) is 29.5 Å². The summed E-state index contributed by atoms with van der Waals surface area (Å²) in [6, 6.07) is 9.96. The molecule has 0 unspecified atom stereocenters. The standard InChI is InChI=1S/C16H16Cl3NO2/c1-15(2,16(17,18)19)22-14(21)20-10-8-13(9-11-20)12-6-4-3-5-7-12/h3-11,13H,1-2H3. The Morgan fingerprint density at radius 2 is 1.64 bits per heavy atom. The molecule has 0 N–H and O–H groups in total. The Bertz CT molecular complexity index is 577. The highest BCUT2D eigenvalue weighted by Crippen LogP contribution is 2.40. The van der Waals surface area contributed by atoms with Crippen LogP contribution in [0.2, 0.25) is 0 Å². The summed E-state index contributed by atoms with van der Waals surface area (Å²) >= 11 is 17.4. The fraction of sp³-hybridized carbons (Fsp3) is 0.312. The van der Waals surface area contributed by atoms with Gasteiger partial charge in [-0.3, -0.25) is 4.90 Å². The van der Waals surface area contributed by atoms with Crippen LogP contribution in [0.3, 0.4) is 0 Å². The molecule has 2 rings (SSSR count). The smallest absolute Gasteiger partial charge is 0.418 e. The van der Waals surface area contributed by atoms with E-state index in [4.69, 9.17) is 39.5 Å². The zero-order valence-corrected chi connectivity index (χ0v) is 14.4. The Balaban J connectivity index is 2.02. The largest absolute Gasteiger partial charge is 0.438 e. The third-order valence-electron chi connectivity index (χ3n) is 3.33. The molecule has 1 aliphatic rings. The van der Waals surface area contributed by atoms with Crippen LogP contribution in [0.15, 0.2) is 54.9 Å². The predicted molar refractivity (Wildman–Crippen MR) is 90.2 cm³/mol. The van der Waals surface area contributed by atoms with E-state index in [1.54, 1.807) is 26.2 Å². The quantitative estimate of drug-likeness (QED) is 0.661. The number of hydrogen-bond acceptors (Lipinski definition) is 2. The van der Waals surface area contributed by atoms with Crippen molar-refractivity contribution in [3.8, 4) is 0 Å². The van der Waals surface area contributed by atoms with E-state index in [0.29, 0.717) is 0 Å². The summed E-state index contributed by atoms with van der Waals surface area (Å²) < 4.78 is 3.56. The first-order valence-corrected chi connectivity index (χ1v) is 7.84. The number of halogens is 3. The Morgan fingerprint density at radius 3 is 2.14 bits per heavy atom. The van der Waals surface area contributed by atoms with Gasteiger partial charge < -0.3 is 4.74 Å². The number of alkyl halides is 3. The van der Waals surface area contributed by atoms with Gasteiger partial charge in [0, 0.05) is 18.3 Å². The monoisotopic (exact) mass is 359 g/mol. The van der Waals surface area contributed by atoms with Gasteiger partial charge in [0.05, 0.1) is 0 Å². The summed E-state index contributed by atoms with van der Waals surface area (Å²) in [6.45, 7) is 3.09. The van der Waals surface area contributed by atoms with E-state index in [2.05, 4.69) is 0 Å². The van der Waals surface area contributed by atoms with Gasteiger partial charge in [-0.2, -0.15) is 0 Å². The van der Waals surface area contributed by atoms with Gasteiger partial charge in [-0.05, 0) is 19.4 Å². The van der Waals surface area contributed by atoms with Gasteiger partial charge >= 0.3 is 6.09 Å². The molecule has 0 bridgehead atoms. The lowest BCUT2D eigenvalue weighted by Gasteiger charge is -2.33. The van der Waals surface area contributed by atoms with Crippen LogP contribution in [0.25, 0.3) is 0 Å². The summed E-state index contributed by atoms with van der Waals surface area (Å²) in [5.41, 5.74) is -0.100. The second-order valence-electron chi connectivity index (χ2n) is 5.40. The Morgan fingerprint density at radius 1 is 1.09 bits per heavy atom. The summed E-state index contributed by atoms with van der Waals surface area (Å²) in [6.07, 6.45) is 6.50. The van der Waals surface area contributed by atoms with Crippen molar-refractivity contribution in [1.82, 2.24) is 4.90 Å². The third kappa shape index (κ3) is 3.97. The molecule has 22 heavy (non-hydrogen) atoms. The van der Waals surface area contributed by atoms with Crippen molar-refractivity contribution in [3.63, 3.8) is 0 Å². The number of carbonyl (C=O) groups is 1. The molecule has 0 saturated heterocycles. The lowest BCUT2D eigenvalue weighted by Crippen LogP contribution is -2.43. The van der Waals surface area contributed by atoms with Crippen molar-refractivity contribution in [3.05, 3.63) is 60.4 Å². The molecule has 118 valence electrons. The van der Waals surface area contributed by atoms with Gasteiger partial charge in [0.2, 0.25) is 3.79 Å². The second-order valence-corrected chi connectivity index (χ2v) is 7.68. The van der Waals surface area contributed by atoms with E-state index < -0.39 is 15.5 Å². The van der Waals surface area contributed by atoms with Gasteiger partial charge in [-0.25, -0.2) is 4.79 Å². The number of ether oxygens (including phenoxy) is 1. The molecule has 6 heteroatoms. The molecule has 1 amide bonds. The lowest BCUT2D eigenvalue weighted by atomic mass is 9.98. The van der Waals surface area contributed by atoms with Crippen LogP contribution in [0.1, 0.15) is 25.3 Å². The molecule has 1 heterocycles. The van der Waals surface area contributed by atoms with Crippen molar-refractivity contribution >= 4 is 40.9 Å². The van der Waals surface area contributed by atoms with E-state index in [1.165, 1.54) is 4.90 Å². The minimum atomic E-state index is -1.71. The van der Waals surface area contributed by atoms with E-state index in [0.717, 1.165) is 5.56 Å². The zero-order valence-electron chi connectivity index (χ0n) is 12.2. The maximum atomic E-state index is 12.1. The first-order chi connectivity index (χ1) is 10.2. The highest BCUT2D eigenvalue weighted by atomic mass is 35.6. The van der Waals surface area contributed by atoms with Crippen LogP contribution in [0.4, 0.5) is 4.79 Å². The molecule has 0 atom stereocenters. The molecule has 3 nitrogen and oxygen atoms in total. The molecule has 0 aromatic heterocycles. The number of rotatable bonds is 2. The van der Waals surface area contributed by atoms with Gasteiger partial charge in [0.1, 0.15) is 0 Å². The summed E-state index contributed by atoms with van der Waals surface area (Å²) in [7, 11) is 0. The minimum absolute atomic E-state index is 0.117.